The number of amides is 1. The van der Waals surface area contributed by atoms with Gasteiger partial charge in [0.25, 0.3) is 5.91 Å². The molecule has 0 aliphatic carbocycles. The molecular formula is C29H35Cl2N7O3. The molecule has 12 heteroatoms. The number of rotatable bonds is 9. The van der Waals surface area contributed by atoms with E-state index in [4.69, 9.17) is 32.9 Å². The molecule has 0 aliphatic heterocycles. The number of hydrogen-bond donors (Lipinski definition) is 3. The summed E-state index contributed by atoms with van der Waals surface area (Å²) in [5.41, 5.74) is 2.29. The maximum absolute atomic E-state index is 12.8. The van der Waals surface area contributed by atoms with E-state index in [2.05, 4.69) is 26.0 Å². The van der Waals surface area contributed by atoms with E-state index >= 15 is 0 Å². The molecular weight excluding hydrogens is 565 g/mol. The molecule has 4 aromatic rings. The number of carbonyl (C=O) groups is 2. The summed E-state index contributed by atoms with van der Waals surface area (Å²) in [7, 11) is 0. The molecule has 0 bridgehead atoms. The number of nitrogens with zero attached hydrogens (tertiary/aromatic N) is 4. The van der Waals surface area contributed by atoms with E-state index in [1.807, 2.05) is 32.9 Å². The second-order valence-electron chi connectivity index (χ2n) is 9.80. The highest BCUT2D eigenvalue weighted by molar-refractivity contribution is 6.36. The number of benzene rings is 1. The minimum atomic E-state index is -0.652. The first-order valence-corrected chi connectivity index (χ1v) is 14.0. The van der Waals surface area contributed by atoms with Gasteiger partial charge in [0.15, 0.2) is 11.5 Å². The smallest absolute Gasteiger partial charge is 0.325 e. The van der Waals surface area contributed by atoms with Crippen molar-refractivity contribution in [3.05, 3.63) is 70.1 Å². The summed E-state index contributed by atoms with van der Waals surface area (Å²) in [6, 6.07) is 10.6. The van der Waals surface area contributed by atoms with Gasteiger partial charge in [0, 0.05) is 35.9 Å². The van der Waals surface area contributed by atoms with Crippen LogP contribution in [-0.4, -0.2) is 56.7 Å². The Morgan fingerprint density at radius 3 is 2.41 bits per heavy atom. The average molecular weight is 601 g/mol. The number of esters is 1. The molecule has 0 unspecified atom stereocenters. The Labute approximate surface area is 249 Å². The first-order valence-electron chi connectivity index (χ1n) is 13.2. The van der Waals surface area contributed by atoms with E-state index in [0.717, 1.165) is 11.4 Å². The van der Waals surface area contributed by atoms with Crippen molar-refractivity contribution < 1.29 is 14.3 Å². The Kier molecular flexibility index (Phi) is 10.9. The number of nitrogens with one attached hydrogen (secondary N) is 3. The minimum Gasteiger partial charge on any atom is -0.459 e. The van der Waals surface area contributed by atoms with E-state index in [1.54, 1.807) is 61.9 Å². The predicted molar refractivity (Wildman–Crippen MR) is 164 cm³/mol. The predicted octanol–water partition coefficient (Wildman–Crippen LogP) is 6.03. The lowest BCUT2D eigenvalue weighted by atomic mass is 10.1. The average Bonchev–Trinajstić information content (AvgIpc) is 3.35. The van der Waals surface area contributed by atoms with Gasteiger partial charge < -0.3 is 20.7 Å². The quantitative estimate of drug-likeness (QED) is 0.157. The molecule has 3 heterocycles. The third-order valence-corrected chi connectivity index (χ3v) is 5.89. The number of pyridine rings is 1. The van der Waals surface area contributed by atoms with Crippen LogP contribution < -0.4 is 16.0 Å². The molecule has 0 saturated carbocycles. The van der Waals surface area contributed by atoms with Crippen molar-refractivity contribution in [3.8, 4) is 11.3 Å². The molecule has 3 aromatic heterocycles. The van der Waals surface area contributed by atoms with E-state index < -0.39 is 17.5 Å². The van der Waals surface area contributed by atoms with Crippen LogP contribution in [0.4, 0.5) is 11.6 Å². The zero-order valence-electron chi connectivity index (χ0n) is 24.0. The summed E-state index contributed by atoms with van der Waals surface area (Å²) < 4.78 is 6.80. The van der Waals surface area contributed by atoms with Crippen molar-refractivity contribution in [3.63, 3.8) is 0 Å². The molecule has 0 radical (unpaired) electrons. The van der Waals surface area contributed by atoms with Crippen molar-refractivity contribution in [1.82, 2.24) is 24.9 Å². The van der Waals surface area contributed by atoms with Crippen molar-refractivity contribution in [2.24, 2.45) is 0 Å². The summed E-state index contributed by atoms with van der Waals surface area (Å²) in [6.45, 7) is 12.0. The second-order valence-corrected chi connectivity index (χ2v) is 10.6. The van der Waals surface area contributed by atoms with Crippen LogP contribution >= 0.6 is 23.2 Å². The molecule has 0 spiro atoms. The Morgan fingerprint density at radius 1 is 1.02 bits per heavy atom. The van der Waals surface area contributed by atoms with Crippen molar-refractivity contribution >= 4 is 52.2 Å². The van der Waals surface area contributed by atoms with Crippen molar-refractivity contribution in [1.29, 1.82) is 0 Å². The Balaban J connectivity index is 0.00000226. The molecule has 1 aromatic carbocycles. The topological polar surface area (TPSA) is 123 Å². The normalized spacial score (nSPS) is 10.9. The lowest BCUT2D eigenvalue weighted by Gasteiger charge is -2.19. The van der Waals surface area contributed by atoms with Crippen molar-refractivity contribution in [2.45, 2.75) is 47.1 Å². The van der Waals surface area contributed by atoms with Gasteiger partial charge in [0.1, 0.15) is 23.5 Å². The van der Waals surface area contributed by atoms with Gasteiger partial charge in [-0.25, -0.2) is 14.5 Å². The fourth-order valence-corrected chi connectivity index (χ4v) is 4.13. The maximum Gasteiger partial charge on any atom is 0.325 e. The Bertz CT molecular complexity index is 1500. The monoisotopic (exact) mass is 599 g/mol. The lowest BCUT2D eigenvalue weighted by Crippen LogP contribution is -2.34. The fourth-order valence-electron chi connectivity index (χ4n) is 3.62. The number of fused-ring (bicyclic) bond motifs is 1. The highest BCUT2D eigenvalue weighted by atomic mass is 35.5. The number of ether oxygens (including phenoxy) is 1. The van der Waals surface area contributed by atoms with Gasteiger partial charge >= 0.3 is 5.97 Å². The first-order chi connectivity index (χ1) is 19.5. The molecule has 10 nitrogen and oxygen atoms in total. The molecule has 218 valence electrons. The summed E-state index contributed by atoms with van der Waals surface area (Å²) in [5, 5.41) is 14.5. The van der Waals surface area contributed by atoms with Gasteiger partial charge in [-0.05, 0) is 57.5 Å². The molecule has 0 saturated heterocycles. The fraction of sp³-hybridized carbons (Fsp3) is 0.345. The maximum atomic E-state index is 12.8. The van der Waals surface area contributed by atoms with Gasteiger partial charge in [-0.1, -0.05) is 43.1 Å². The summed E-state index contributed by atoms with van der Waals surface area (Å²) in [5.74, 6) is 0.193. The SMILES string of the molecule is CC.Cc1ccc(NCCNc2nc(-c3ccc(Cl)cc3Cl)cn3nc(C(=O)NCC(=O)OC(C)(C)C)cc23)nc1. The molecule has 3 N–H and O–H groups in total. The van der Waals surface area contributed by atoms with Gasteiger partial charge in [-0.15, -0.1) is 0 Å². The Hall–Kier alpha value is -3.89. The van der Waals surface area contributed by atoms with Crippen LogP contribution in [0.5, 0.6) is 0 Å². The van der Waals surface area contributed by atoms with Crippen LogP contribution in [0.15, 0.2) is 48.8 Å². The number of carbonyl (C=O) groups excluding carboxylic acids is 2. The number of hydrogen-bond acceptors (Lipinski definition) is 8. The largest absolute Gasteiger partial charge is 0.459 e. The highest BCUT2D eigenvalue weighted by Crippen LogP contribution is 2.31. The summed E-state index contributed by atoms with van der Waals surface area (Å²) in [4.78, 5) is 33.9. The molecule has 0 fully saturated rings. The molecule has 1 amide bonds. The van der Waals surface area contributed by atoms with Crippen LogP contribution in [0, 0.1) is 6.92 Å². The van der Waals surface area contributed by atoms with Crippen LogP contribution in [0.25, 0.3) is 16.8 Å². The van der Waals surface area contributed by atoms with Crippen LogP contribution in [0.2, 0.25) is 10.0 Å². The Morgan fingerprint density at radius 2 is 1.76 bits per heavy atom. The van der Waals surface area contributed by atoms with Gasteiger partial charge in [-0.3, -0.25) is 9.59 Å². The van der Waals surface area contributed by atoms with E-state index in [9.17, 15) is 9.59 Å². The number of anilines is 2. The van der Waals surface area contributed by atoms with E-state index in [-0.39, 0.29) is 12.2 Å². The molecule has 0 atom stereocenters. The standard InChI is InChI=1S/C27H29Cl2N7O3.C2H6/c1-16-5-8-23(32-13-16)30-9-10-31-25-22-12-20(26(38)33-14-24(37)39-27(2,3)4)35-36(22)15-21(34-25)18-7-6-17(28)11-19(18)29;1-2/h5-8,11-13,15H,9-10,14H2,1-4H3,(H,30,32)(H,31,34)(H,33,38);1-2H3. The molecule has 41 heavy (non-hydrogen) atoms. The summed E-state index contributed by atoms with van der Waals surface area (Å²) in [6.07, 6.45) is 3.47. The van der Waals surface area contributed by atoms with Gasteiger partial charge in [0.05, 0.1) is 16.9 Å². The van der Waals surface area contributed by atoms with E-state index in [1.165, 1.54) is 0 Å². The zero-order valence-corrected chi connectivity index (χ0v) is 25.5. The first kappa shape index (κ1) is 31.6. The van der Waals surface area contributed by atoms with Gasteiger partial charge in [-0.2, -0.15) is 5.10 Å². The summed E-state index contributed by atoms with van der Waals surface area (Å²) >= 11 is 12.5. The molecule has 4 rings (SSSR count). The van der Waals surface area contributed by atoms with Crippen LogP contribution in [0.1, 0.15) is 50.7 Å². The van der Waals surface area contributed by atoms with Crippen molar-refractivity contribution in [2.75, 3.05) is 30.3 Å². The number of aryl methyl sites for hydroxylation is 1. The zero-order chi connectivity index (χ0) is 30.2. The van der Waals surface area contributed by atoms with Crippen LogP contribution in [0.3, 0.4) is 0 Å². The van der Waals surface area contributed by atoms with Crippen LogP contribution in [-0.2, 0) is 9.53 Å². The van der Waals surface area contributed by atoms with Gasteiger partial charge in [0.2, 0.25) is 0 Å². The number of halogens is 2. The second kappa shape index (κ2) is 14.1. The highest BCUT2D eigenvalue weighted by Gasteiger charge is 2.20. The number of aromatic nitrogens is 4. The minimum absolute atomic E-state index is 0.116. The molecule has 0 aliphatic rings. The third kappa shape index (κ3) is 9.06. The third-order valence-electron chi connectivity index (χ3n) is 5.34. The van der Waals surface area contributed by atoms with E-state index in [0.29, 0.717) is 45.7 Å². The lowest BCUT2D eigenvalue weighted by molar-refractivity contribution is -0.153.